The van der Waals surface area contributed by atoms with Crippen LogP contribution in [0.15, 0.2) is 24.3 Å². The first-order valence-corrected chi connectivity index (χ1v) is 7.33. The third-order valence-electron chi connectivity index (χ3n) is 3.73. The highest BCUT2D eigenvalue weighted by Gasteiger charge is 2.08. The maximum Gasteiger partial charge on any atom is 0.0205 e. The molecule has 1 aromatic carbocycles. The molecular formula is C16H26N2. The van der Waals surface area contributed by atoms with Crippen LogP contribution in [-0.2, 0) is 6.54 Å². The van der Waals surface area contributed by atoms with Crippen LogP contribution >= 0.6 is 0 Å². The number of rotatable bonds is 6. The fourth-order valence-corrected chi connectivity index (χ4v) is 2.55. The second-order valence-electron chi connectivity index (χ2n) is 5.42. The number of likely N-dealkylation sites (tertiary alicyclic amines) is 1. The van der Waals surface area contributed by atoms with Crippen LogP contribution < -0.4 is 5.32 Å². The van der Waals surface area contributed by atoms with Crippen LogP contribution in [0.1, 0.15) is 36.8 Å². The number of nitrogens with one attached hydrogen (secondary N) is 1. The fraction of sp³-hybridized carbons (Fsp3) is 0.625. The monoisotopic (exact) mass is 246 g/mol. The molecule has 1 heterocycles. The fourth-order valence-electron chi connectivity index (χ4n) is 2.55. The lowest BCUT2D eigenvalue weighted by molar-refractivity contribution is 0.225. The lowest BCUT2D eigenvalue weighted by Crippen LogP contribution is -2.32. The van der Waals surface area contributed by atoms with Gasteiger partial charge in [0.2, 0.25) is 0 Å². The Bertz CT molecular complexity index is 325. The molecule has 1 fully saturated rings. The molecule has 100 valence electrons. The molecule has 2 heteroatoms. The second-order valence-corrected chi connectivity index (χ2v) is 5.42. The lowest BCUT2D eigenvalue weighted by atomic mass is 10.1. The standard InChI is InChI=1S/C16H26N2/c1-15-6-8-16(9-7-15)14-17-10-5-13-18-11-3-2-4-12-18/h6-9,17H,2-5,10-14H2,1H3. The van der Waals surface area contributed by atoms with Gasteiger partial charge in [-0.3, -0.25) is 0 Å². The van der Waals surface area contributed by atoms with Crippen LogP contribution in [0.4, 0.5) is 0 Å². The highest BCUT2D eigenvalue weighted by molar-refractivity contribution is 5.20. The Morgan fingerprint density at radius 2 is 1.78 bits per heavy atom. The molecule has 2 nitrogen and oxygen atoms in total. The highest BCUT2D eigenvalue weighted by atomic mass is 15.1. The second kappa shape index (κ2) is 7.55. The zero-order chi connectivity index (χ0) is 12.6. The van der Waals surface area contributed by atoms with Crippen LogP contribution in [0.5, 0.6) is 0 Å². The summed E-state index contributed by atoms with van der Waals surface area (Å²) in [5, 5.41) is 3.53. The first kappa shape index (κ1) is 13.6. The van der Waals surface area contributed by atoms with Gasteiger partial charge in [0.15, 0.2) is 0 Å². The molecule has 18 heavy (non-hydrogen) atoms. The number of hydrogen-bond acceptors (Lipinski definition) is 2. The van der Waals surface area contributed by atoms with Crippen LogP contribution in [0.2, 0.25) is 0 Å². The quantitative estimate of drug-likeness (QED) is 0.776. The van der Waals surface area contributed by atoms with E-state index in [4.69, 9.17) is 0 Å². The molecule has 0 aromatic heterocycles. The van der Waals surface area contributed by atoms with Crippen molar-refractivity contribution in [1.82, 2.24) is 10.2 Å². The summed E-state index contributed by atoms with van der Waals surface area (Å²) in [6.45, 7) is 8.16. The van der Waals surface area contributed by atoms with E-state index in [-0.39, 0.29) is 0 Å². The predicted octanol–water partition coefficient (Wildman–Crippen LogP) is 2.96. The zero-order valence-electron chi connectivity index (χ0n) is 11.6. The van der Waals surface area contributed by atoms with Crippen molar-refractivity contribution < 1.29 is 0 Å². The summed E-state index contributed by atoms with van der Waals surface area (Å²) in [5.74, 6) is 0. The van der Waals surface area contributed by atoms with Gasteiger partial charge in [-0.25, -0.2) is 0 Å². The Kier molecular flexibility index (Phi) is 5.69. The summed E-state index contributed by atoms with van der Waals surface area (Å²) in [7, 11) is 0. The summed E-state index contributed by atoms with van der Waals surface area (Å²) in [6, 6.07) is 8.80. The van der Waals surface area contributed by atoms with Gasteiger partial charge in [-0.1, -0.05) is 36.2 Å². The molecule has 0 amide bonds. The van der Waals surface area contributed by atoms with Crippen molar-refractivity contribution in [2.75, 3.05) is 26.2 Å². The molecule has 2 rings (SSSR count). The highest BCUT2D eigenvalue weighted by Crippen LogP contribution is 2.08. The lowest BCUT2D eigenvalue weighted by Gasteiger charge is -2.26. The minimum Gasteiger partial charge on any atom is -0.313 e. The van der Waals surface area contributed by atoms with Gasteiger partial charge in [0.1, 0.15) is 0 Å². The number of benzene rings is 1. The summed E-state index contributed by atoms with van der Waals surface area (Å²) in [6.07, 6.45) is 5.50. The number of hydrogen-bond donors (Lipinski definition) is 1. The van der Waals surface area contributed by atoms with Crippen molar-refractivity contribution in [3.63, 3.8) is 0 Å². The minimum absolute atomic E-state index is 1.00. The SMILES string of the molecule is Cc1ccc(CNCCCN2CCCCC2)cc1. The van der Waals surface area contributed by atoms with E-state index < -0.39 is 0 Å². The molecule has 1 N–H and O–H groups in total. The molecule has 1 aliphatic heterocycles. The van der Waals surface area contributed by atoms with Gasteiger partial charge in [-0.2, -0.15) is 0 Å². The van der Waals surface area contributed by atoms with Gasteiger partial charge >= 0.3 is 0 Å². The summed E-state index contributed by atoms with van der Waals surface area (Å²) >= 11 is 0. The van der Waals surface area contributed by atoms with Crippen molar-refractivity contribution in [3.05, 3.63) is 35.4 Å². The molecule has 0 atom stereocenters. The third-order valence-corrected chi connectivity index (χ3v) is 3.73. The molecule has 1 aliphatic rings. The van der Waals surface area contributed by atoms with Crippen molar-refractivity contribution >= 4 is 0 Å². The first-order valence-electron chi connectivity index (χ1n) is 7.33. The molecule has 0 aliphatic carbocycles. The van der Waals surface area contributed by atoms with E-state index in [1.807, 2.05) is 0 Å². The van der Waals surface area contributed by atoms with E-state index in [9.17, 15) is 0 Å². The molecule has 0 saturated carbocycles. The Morgan fingerprint density at radius 1 is 1.06 bits per heavy atom. The van der Waals surface area contributed by atoms with Gasteiger partial charge in [0, 0.05) is 6.54 Å². The summed E-state index contributed by atoms with van der Waals surface area (Å²) in [5.41, 5.74) is 2.72. The predicted molar refractivity (Wildman–Crippen MR) is 77.8 cm³/mol. The molecule has 0 bridgehead atoms. The smallest absolute Gasteiger partial charge is 0.0205 e. The van der Waals surface area contributed by atoms with Gasteiger partial charge in [-0.15, -0.1) is 0 Å². The maximum atomic E-state index is 3.53. The van der Waals surface area contributed by atoms with Crippen LogP contribution in [0.3, 0.4) is 0 Å². The van der Waals surface area contributed by atoms with Gasteiger partial charge in [0.05, 0.1) is 0 Å². The van der Waals surface area contributed by atoms with Crippen molar-refractivity contribution in [1.29, 1.82) is 0 Å². The first-order chi connectivity index (χ1) is 8.84. The Labute approximate surface area is 111 Å². The average Bonchev–Trinajstić information content (AvgIpc) is 2.42. The van der Waals surface area contributed by atoms with E-state index >= 15 is 0 Å². The third kappa shape index (κ3) is 4.79. The molecule has 0 spiro atoms. The Morgan fingerprint density at radius 3 is 2.50 bits per heavy atom. The minimum atomic E-state index is 1.00. The van der Waals surface area contributed by atoms with E-state index in [1.165, 1.54) is 56.4 Å². The molecular weight excluding hydrogens is 220 g/mol. The Hall–Kier alpha value is -0.860. The van der Waals surface area contributed by atoms with Crippen LogP contribution in [0, 0.1) is 6.92 Å². The normalized spacial score (nSPS) is 16.9. The van der Waals surface area contributed by atoms with Crippen molar-refractivity contribution in [3.8, 4) is 0 Å². The summed E-state index contributed by atoms with van der Waals surface area (Å²) < 4.78 is 0. The average molecular weight is 246 g/mol. The van der Waals surface area contributed by atoms with E-state index in [0.717, 1.165) is 13.1 Å². The molecule has 0 unspecified atom stereocenters. The molecule has 0 radical (unpaired) electrons. The van der Waals surface area contributed by atoms with Crippen molar-refractivity contribution in [2.24, 2.45) is 0 Å². The van der Waals surface area contributed by atoms with E-state index in [0.29, 0.717) is 0 Å². The maximum absolute atomic E-state index is 3.53. The number of aryl methyl sites for hydroxylation is 1. The van der Waals surface area contributed by atoms with E-state index in [2.05, 4.69) is 41.4 Å². The molecule has 1 saturated heterocycles. The zero-order valence-corrected chi connectivity index (χ0v) is 11.6. The number of piperidine rings is 1. The topological polar surface area (TPSA) is 15.3 Å². The largest absolute Gasteiger partial charge is 0.313 e. The van der Waals surface area contributed by atoms with Gasteiger partial charge in [-0.05, 0) is 57.9 Å². The van der Waals surface area contributed by atoms with Gasteiger partial charge in [0.25, 0.3) is 0 Å². The van der Waals surface area contributed by atoms with Crippen LogP contribution in [-0.4, -0.2) is 31.1 Å². The Balaban J connectivity index is 1.54. The van der Waals surface area contributed by atoms with Crippen LogP contribution in [0.25, 0.3) is 0 Å². The number of nitrogens with zero attached hydrogens (tertiary/aromatic N) is 1. The van der Waals surface area contributed by atoms with Gasteiger partial charge < -0.3 is 10.2 Å². The van der Waals surface area contributed by atoms with E-state index in [1.54, 1.807) is 0 Å². The summed E-state index contributed by atoms with van der Waals surface area (Å²) in [4.78, 5) is 2.61. The molecule has 1 aromatic rings. The van der Waals surface area contributed by atoms with Crippen molar-refractivity contribution in [2.45, 2.75) is 39.2 Å².